The molecule has 0 bridgehead atoms. The largest absolute Gasteiger partial charge is 0.435 e. The maximum absolute atomic E-state index is 12.0. The van der Waals surface area contributed by atoms with Crippen LogP contribution in [-0.4, -0.2) is 43.1 Å². The smallest absolute Gasteiger partial charge is 0.387 e. The molecule has 1 heterocycles. The number of benzene rings is 1. The van der Waals surface area contributed by atoms with Crippen molar-refractivity contribution < 1.29 is 18.3 Å². The fourth-order valence-electron chi connectivity index (χ4n) is 2.23. The zero-order chi connectivity index (χ0) is 15.2. The summed E-state index contributed by atoms with van der Waals surface area (Å²) in [6.07, 6.45) is 1.79. The minimum absolute atomic E-state index is 0.0630. The van der Waals surface area contributed by atoms with E-state index in [2.05, 4.69) is 10.1 Å². The molecule has 0 aliphatic carbocycles. The molecule has 0 aromatic heterocycles. The average Bonchev–Trinajstić information content (AvgIpc) is 2.43. The van der Waals surface area contributed by atoms with E-state index in [-0.39, 0.29) is 17.7 Å². The Balaban J connectivity index is 1.79. The molecule has 0 unspecified atom stereocenters. The van der Waals surface area contributed by atoms with Crippen LogP contribution in [0.5, 0.6) is 5.75 Å². The van der Waals surface area contributed by atoms with Crippen LogP contribution in [0.2, 0.25) is 0 Å². The maximum atomic E-state index is 12.0. The van der Waals surface area contributed by atoms with Gasteiger partial charge in [0.15, 0.2) is 0 Å². The Bertz CT molecular complexity index is 460. The molecule has 1 saturated heterocycles. The highest BCUT2D eigenvalue weighted by atomic mass is 19.3. The van der Waals surface area contributed by atoms with Gasteiger partial charge in [-0.3, -0.25) is 9.69 Å². The Morgan fingerprint density at radius 1 is 1.33 bits per heavy atom. The van der Waals surface area contributed by atoms with Gasteiger partial charge in [0.1, 0.15) is 5.75 Å². The molecule has 7 heteroatoms. The lowest BCUT2D eigenvalue weighted by Gasteiger charge is -2.29. The molecule has 21 heavy (non-hydrogen) atoms. The zero-order valence-corrected chi connectivity index (χ0v) is 11.6. The van der Waals surface area contributed by atoms with E-state index >= 15 is 0 Å². The number of anilines is 1. The molecule has 1 amide bonds. The van der Waals surface area contributed by atoms with E-state index in [1.165, 1.54) is 24.3 Å². The lowest BCUT2D eigenvalue weighted by molar-refractivity contribution is -0.117. The van der Waals surface area contributed by atoms with Crippen LogP contribution in [0.1, 0.15) is 12.8 Å². The monoisotopic (exact) mass is 299 g/mol. The molecule has 1 aliphatic rings. The topological polar surface area (TPSA) is 67.6 Å². The minimum atomic E-state index is -2.85. The van der Waals surface area contributed by atoms with Gasteiger partial charge in [0, 0.05) is 24.8 Å². The predicted molar refractivity (Wildman–Crippen MR) is 75.4 cm³/mol. The van der Waals surface area contributed by atoms with Crippen LogP contribution < -0.4 is 15.8 Å². The molecule has 3 N–H and O–H groups in total. The standard InChI is InChI=1S/C14H19F2N3O2/c15-14(16)21-12-3-1-11(2-4-12)18-13(20)9-19-7-5-10(17)6-8-19/h1-4,10,14H,5-9,17H2,(H,18,20). The van der Waals surface area contributed by atoms with Gasteiger partial charge in [0.05, 0.1) is 6.54 Å². The van der Waals surface area contributed by atoms with E-state index in [0.29, 0.717) is 12.2 Å². The number of piperidine rings is 1. The molecule has 0 atom stereocenters. The Morgan fingerprint density at radius 3 is 2.52 bits per heavy atom. The second kappa shape index (κ2) is 7.33. The summed E-state index contributed by atoms with van der Waals surface area (Å²) in [5.74, 6) is -0.0685. The first-order valence-electron chi connectivity index (χ1n) is 6.85. The summed E-state index contributed by atoms with van der Waals surface area (Å²) in [6, 6.07) is 6.07. The normalized spacial score (nSPS) is 17.0. The molecular weight excluding hydrogens is 280 g/mol. The molecule has 5 nitrogen and oxygen atoms in total. The van der Waals surface area contributed by atoms with Crippen molar-refractivity contribution in [3.8, 4) is 5.75 Å². The number of nitrogens with zero attached hydrogens (tertiary/aromatic N) is 1. The molecule has 1 fully saturated rings. The first kappa shape index (κ1) is 15.7. The van der Waals surface area contributed by atoms with Crippen LogP contribution >= 0.6 is 0 Å². The van der Waals surface area contributed by atoms with E-state index in [1.54, 1.807) is 0 Å². The molecule has 1 aromatic carbocycles. The van der Waals surface area contributed by atoms with Crippen molar-refractivity contribution in [3.05, 3.63) is 24.3 Å². The number of ether oxygens (including phenoxy) is 1. The lowest BCUT2D eigenvalue weighted by atomic mass is 10.1. The number of nitrogens with two attached hydrogens (primary N) is 1. The van der Waals surface area contributed by atoms with Crippen LogP contribution in [0.3, 0.4) is 0 Å². The van der Waals surface area contributed by atoms with Gasteiger partial charge in [-0.15, -0.1) is 0 Å². The summed E-state index contributed by atoms with van der Waals surface area (Å²) in [4.78, 5) is 13.9. The summed E-state index contributed by atoms with van der Waals surface area (Å²) in [5, 5.41) is 2.73. The Hall–Kier alpha value is -1.73. The quantitative estimate of drug-likeness (QED) is 0.867. The molecule has 1 aromatic rings. The highest BCUT2D eigenvalue weighted by molar-refractivity contribution is 5.92. The number of alkyl halides is 2. The molecule has 1 aliphatic heterocycles. The number of hydrogen-bond donors (Lipinski definition) is 2. The average molecular weight is 299 g/mol. The fourth-order valence-corrected chi connectivity index (χ4v) is 2.23. The van der Waals surface area contributed by atoms with Crippen molar-refractivity contribution >= 4 is 11.6 Å². The van der Waals surface area contributed by atoms with Gasteiger partial charge in [0.2, 0.25) is 5.91 Å². The lowest BCUT2D eigenvalue weighted by Crippen LogP contribution is -2.43. The molecule has 116 valence electrons. The van der Waals surface area contributed by atoms with Gasteiger partial charge in [-0.25, -0.2) is 0 Å². The second-order valence-electron chi connectivity index (χ2n) is 5.06. The third-order valence-corrected chi connectivity index (χ3v) is 3.36. The van der Waals surface area contributed by atoms with E-state index in [1.807, 2.05) is 4.90 Å². The summed E-state index contributed by atoms with van der Waals surface area (Å²) in [7, 11) is 0. The fraction of sp³-hybridized carbons (Fsp3) is 0.500. The zero-order valence-electron chi connectivity index (χ0n) is 11.6. The number of carbonyl (C=O) groups is 1. The van der Waals surface area contributed by atoms with Crippen molar-refractivity contribution in [2.24, 2.45) is 5.73 Å². The van der Waals surface area contributed by atoms with E-state index in [9.17, 15) is 13.6 Å². The van der Waals surface area contributed by atoms with Crippen LogP contribution in [-0.2, 0) is 4.79 Å². The van der Waals surface area contributed by atoms with Crippen molar-refractivity contribution in [2.45, 2.75) is 25.5 Å². The number of halogens is 2. The van der Waals surface area contributed by atoms with Crippen LogP contribution in [0, 0.1) is 0 Å². The van der Waals surface area contributed by atoms with Crippen molar-refractivity contribution in [1.82, 2.24) is 4.90 Å². The van der Waals surface area contributed by atoms with Gasteiger partial charge in [-0.05, 0) is 37.1 Å². The first-order valence-corrected chi connectivity index (χ1v) is 6.85. The second-order valence-corrected chi connectivity index (χ2v) is 5.06. The summed E-state index contributed by atoms with van der Waals surface area (Å²) < 4.78 is 28.3. The number of likely N-dealkylation sites (tertiary alicyclic amines) is 1. The van der Waals surface area contributed by atoms with Crippen LogP contribution in [0.4, 0.5) is 14.5 Å². The van der Waals surface area contributed by atoms with Crippen LogP contribution in [0.15, 0.2) is 24.3 Å². The summed E-state index contributed by atoms with van der Waals surface area (Å²) in [6.45, 7) is -0.913. The maximum Gasteiger partial charge on any atom is 0.387 e. The highest BCUT2D eigenvalue weighted by Gasteiger charge is 2.18. The summed E-state index contributed by atoms with van der Waals surface area (Å²) in [5.41, 5.74) is 6.36. The Labute approximate surface area is 122 Å². The van der Waals surface area contributed by atoms with Gasteiger partial charge in [-0.1, -0.05) is 0 Å². The highest BCUT2D eigenvalue weighted by Crippen LogP contribution is 2.17. The number of nitrogens with one attached hydrogen (secondary N) is 1. The Kier molecular flexibility index (Phi) is 5.46. The van der Waals surface area contributed by atoms with Crippen molar-refractivity contribution in [3.63, 3.8) is 0 Å². The number of amides is 1. The Morgan fingerprint density at radius 2 is 1.95 bits per heavy atom. The number of carbonyl (C=O) groups excluding carboxylic acids is 1. The summed E-state index contributed by atoms with van der Waals surface area (Å²) >= 11 is 0. The number of rotatable bonds is 5. The number of hydrogen-bond acceptors (Lipinski definition) is 4. The third kappa shape index (κ3) is 5.28. The molecular formula is C14H19F2N3O2. The molecule has 2 rings (SSSR count). The van der Waals surface area contributed by atoms with Gasteiger partial charge in [0.25, 0.3) is 0 Å². The van der Waals surface area contributed by atoms with Gasteiger partial charge >= 0.3 is 6.61 Å². The van der Waals surface area contributed by atoms with E-state index in [4.69, 9.17) is 5.73 Å². The van der Waals surface area contributed by atoms with E-state index in [0.717, 1.165) is 25.9 Å². The van der Waals surface area contributed by atoms with Gasteiger partial charge < -0.3 is 15.8 Å². The first-order chi connectivity index (χ1) is 10.0. The van der Waals surface area contributed by atoms with E-state index < -0.39 is 6.61 Å². The predicted octanol–water partition coefficient (Wildman–Crippen LogP) is 1.65. The van der Waals surface area contributed by atoms with Gasteiger partial charge in [-0.2, -0.15) is 8.78 Å². The molecule has 0 saturated carbocycles. The molecule has 0 spiro atoms. The third-order valence-electron chi connectivity index (χ3n) is 3.36. The van der Waals surface area contributed by atoms with Crippen LogP contribution in [0.25, 0.3) is 0 Å². The SMILES string of the molecule is NC1CCN(CC(=O)Nc2ccc(OC(F)F)cc2)CC1. The van der Waals surface area contributed by atoms with Crippen molar-refractivity contribution in [1.29, 1.82) is 0 Å². The van der Waals surface area contributed by atoms with Crippen molar-refractivity contribution in [2.75, 3.05) is 25.0 Å². The molecule has 0 radical (unpaired) electrons. The minimum Gasteiger partial charge on any atom is -0.435 e.